The van der Waals surface area contributed by atoms with Crippen LogP contribution in [0.25, 0.3) is 10.9 Å². The van der Waals surface area contributed by atoms with E-state index in [1.54, 1.807) is 0 Å². The van der Waals surface area contributed by atoms with Crippen molar-refractivity contribution in [1.82, 2.24) is 4.57 Å². The Hall–Kier alpha value is -1.59. The first-order valence-corrected chi connectivity index (χ1v) is 8.01. The van der Waals surface area contributed by atoms with Crippen molar-refractivity contribution in [3.8, 4) is 0 Å². The van der Waals surface area contributed by atoms with Gasteiger partial charge in [0.25, 0.3) is 0 Å². The molecule has 1 N–H and O–H groups in total. The quantitative estimate of drug-likeness (QED) is 0.664. The van der Waals surface area contributed by atoms with E-state index in [2.05, 4.69) is 37.2 Å². The van der Waals surface area contributed by atoms with Crippen molar-refractivity contribution in [2.45, 2.75) is 6.54 Å². The summed E-state index contributed by atoms with van der Waals surface area (Å²) in [5, 5.41) is 4.03. The number of aromatic nitrogens is 1. The number of hydrogen-bond acceptors (Lipinski definition) is 1. The number of amides is 1. The third kappa shape index (κ3) is 3.19. The fraction of sp³-hybridized carbons (Fsp3) is 0.0625. The van der Waals surface area contributed by atoms with Crippen molar-refractivity contribution in [2.24, 2.45) is 0 Å². The van der Waals surface area contributed by atoms with E-state index in [1.165, 1.54) is 0 Å². The monoisotopic (exact) mass is 406 g/mol. The second-order valence-corrected chi connectivity index (χ2v) is 6.44. The summed E-state index contributed by atoms with van der Waals surface area (Å²) in [6.45, 7) is 0.279. The largest absolute Gasteiger partial charge is 0.338 e. The maximum Gasteiger partial charge on any atom is 0.244 e. The van der Waals surface area contributed by atoms with E-state index in [9.17, 15) is 4.79 Å². The molecular weight excluding hydrogens is 396 g/mol. The predicted octanol–water partition coefficient (Wildman–Crippen LogP) is 4.81. The Morgan fingerprint density at radius 2 is 1.90 bits per heavy atom. The summed E-state index contributed by atoms with van der Waals surface area (Å²) in [5.74, 6) is -0.0561. The zero-order valence-corrected chi connectivity index (χ0v) is 14.2. The number of nitrogens with one attached hydrogen (secondary N) is 1. The number of benzene rings is 2. The Morgan fingerprint density at radius 1 is 1.10 bits per heavy atom. The van der Waals surface area contributed by atoms with Gasteiger partial charge in [-0.3, -0.25) is 4.79 Å². The van der Waals surface area contributed by atoms with Gasteiger partial charge in [-0.1, -0.05) is 34.1 Å². The lowest BCUT2D eigenvalue weighted by molar-refractivity contribution is -0.116. The lowest BCUT2D eigenvalue weighted by Crippen LogP contribution is -2.18. The Labute approximate surface area is 139 Å². The first-order valence-electron chi connectivity index (χ1n) is 6.42. The molecule has 0 atom stereocenters. The molecule has 0 fully saturated rings. The summed E-state index contributed by atoms with van der Waals surface area (Å²) in [6, 6.07) is 15.6. The third-order valence-corrected chi connectivity index (χ3v) is 4.38. The SMILES string of the molecule is O=C(Cn1ccc2ccc(Br)cc21)Nc1ccccc1Br. The zero-order valence-electron chi connectivity index (χ0n) is 11.0. The van der Waals surface area contributed by atoms with E-state index < -0.39 is 0 Å². The molecule has 3 nitrogen and oxygen atoms in total. The number of anilines is 1. The molecule has 0 unspecified atom stereocenters. The summed E-state index contributed by atoms with van der Waals surface area (Å²) in [4.78, 5) is 12.2. The minimum Gasteiger partial charge on any atom is -0.338 e. The number of hydrogen-bond donors (Lipinski definition) is 1. The van der Waals surface area contributed by atoms with Crippen LogP contribution in [0.3, 0.4) is 0 Å². The van der Waals surface area contributed by atoms with Gasteiger partial charge in [0.1, 0.15) is 6.54 Å². The van der Waals surface area contributed by atoms with Crippen LogP contribution in [0.2, 0.25) is 0 Å². The second-order valence-electron chi connectivity index (χ2n) is 4.67. The van der Waals surface area contributed by atoms with Crippen molar-refractivity contribution < 1.29 is 4.79 Å². The minimum absolute atomic E-state index is 0.0561. The number of rotatable bonds is 3. The van der Waals surface area contributed by atoms with E-state index in [-0.39, 0.29) is 12.5 Å². The van der Waals surface area contributed by atoms with Crippen LogP contribution in [-0.4, -0.2) is 10.5 Å². The fourth-order valence-corrected chi connectivity index (χ4v) is 2.93. The summed E-state index contributed by atoms with van der Waals surface area (Å²) < 4.78 is 3.81. The molecule has 106 valence electrons. The second kappa shape index (κ2) is 6.03. The Morgan fingerprint density at radius 3 is 2.71 bits per heavy atom. The molecule has 21 heavy (non-hydrogen) atoms. The molecule has 0 radical (unpaired) electrons. The van der Waals surface area contributed by atoms with Gasteiger partial charge in [0.05, 0.1) is 5.69 Å². The highest BCUT2D eigenvalue weighted by molar-refractivity contribution is 9.10. The van der Waals surface area contributed by atoms with E-state index in [1.807, 2.05) is 59.3 Å². The normalized spacial score (nSPS) is 10.8. The number of nitrogens with zero attached hydrogens (tertiary/aromatic N) is 1. The average Bonchev–Trinajstić information content (AvgIpc) is 2.84. The average molecular weight is 408 g/mol. The summed E-state index contributed by atoms with van der Waals surface area (Å²) in [6.07, 6.45) is 1.93. The Balaban J connectivity index is 1.80. The van der Waals surface area contributed by atoms with Gasteiger partial charge in [0, 0.05) is 20.7 Å². The molecule has 2 aromatic carbocycles. The molecule has 0 bridgehead atoms. The first kappa shape index (κ1) is 14.4. The van der Waals surface area contributed by atoms with Crippen LogP contribution in [0.1, 0.15) is 0 Å². The lowest BCUT2D eigenvalue weighted by Gasteiger charge is -2.09. The molecular formula is C16H12Br2N2O. The molecule has 0 saturated heterocycles. The van der Waals surface area contributed by atoms with Crippen molar-refractivity contribution in [2.75, 3.05) is 5.32 Å². The van der Waals surface area contributed by atoms with Crippen LogP contribution >= 0.6 is 31.9 Å². The Kier molecular flexibility index (Phi) is 4.12. The van der Waals surface area contributed by atoms with E-state index >= 15 is 0 Å². The van der Waals surface area contributed by atoms with Gasteiger partial charge >= 0.3 is 0 Å². The smallest absolute Gasteiger partial charge is 0.244 e. The van der Waals surface area contributed by atoms with Crippen LogP contribution < -0.4 is 5.32 Å². The number of fused-ring (bicyclic) bond motifs is 1. The standard InChI is InChI=1S/C16H12Br2N2O/c17-12-6-5-11-7-8-20(15(11)9-12)10-16(21)19-14-4-2-1-3-13(14)18/h1-9H,10H2,(H,19,21). The first-order chi connectivity index (χ1) is 10.1. The number of carbonyl (C=O) groups excluding carboxylic acids is 1. The molecule has 1 heterocycles. The van der Waals surface area contributed by atoms with E-state index in [0.29, 0.717) is 0 Å². The third-order valence-electron chi connectivity index (χ3n) is 3.20. The summed E-state index contributed by atoms with van der Waals surface area (Å²) in [7, 11) is 0. The molecule has 3 rings (SSSR count). The van der Waals surface area contributed by atoms with Gasteiger partial charge < -0.3 is 9.88 Å². The molecule has 0 saturated carbocycles. The number of carbonyl (C=O) groups is 1. The van der Waals surface area contributed by atoms with E-state index in [0.717, 1.165) is 25.5 Å². The van der Waals surface area contributed by atoms with Crippen LogP contribution in [0.15, 0.2) is 63.7 Å². The van der Waals surface area contributed by atoms with Crippen LogP contribution in [0, 0.1) is 0 Å². The molecule has 0 aliphatic rings. The molecule has 3 aromatic rings. The predicted molar refractivity (Wildman–Crippen MR) is 92.4 cm³/mol. The molecule has 0 aliphatic carbocycles. The molecule has 1 aromatic heterocycles. The molecule has 0 aliphatic heterocycles. The summed E-state index contributed by atoms with van der Waals surface area (Å²) >= 11 is 6.89. The lowest BCUT2D eigenvalue weighted by atomic mass is 10.2. The van der Waals surface area contributed by atoms with Crippen LogP contribution in [0.4, 0.5) is 5.69 Å². The van der Waals surface area contributed by atoms with Gasteiger partial charge in [-0.25, -0.2) is 0 Å². The zero-order chi connectivity index (χ0) is 14.8. The fourth-order valence-electron chi connectivity index (χ4n) is 2.20. The molecule has 0 spiro atoms. The van der Waals surface area contributed by atoms with Crippen molar-refractivity contribution in [3.05, 3.63) is 63.7 Å². The van der Waals surface area contributed by atoms with E-state index in [4.69, 9.17) is 0 Å². The van der Waals surface area contributed by atoms with Crippen molar-refractivity contribution in [1.29, 1.82) is 0 Å². The topological polar surface area (TPSA) is 34.0 Å². The van der Waals surface area contributed by atoms with Gasteiger partial charge in [-0.2, -0.15) is 0 Å². The highest BCUT2D eigenvalue weighted by atomic mass is 79.9. The minimum atomic E-state index is -0.0561. The van der Waals surface area contributed by atoms with Crippen LogP contribution in [-0.2, 0) is 11.3 Å². The molecule has 1 amide bonds. The van der Waals surface area contributed by atoms with Gasteiger partial charge in [0.15, 0.2) is 0 Å². The van der Waals surface area contributed by atoms with Gasteiger partial charge in [-0.05, 0) is 51.6 Å². The highest BCUT2D eigenvalue weighted by Gasteiger charge is 2.08. The van der Waals surface area contributed by atoms with Crippen molar-refractivity contribution in [3.63, 3.8) is 0 Å². The highest BCUT2D eigenvalue weighted by Crippen LogP contribution is 2.23. The van der Waals surface area contributed by atoms with Gasteiger partial charge in [0.2, 0.25) is 5.91 Å². The maximum atomic E-state index is 12.2. The molecule has 5 heteroatoms. The van der Waals surface area contributed by atoms with Gasteiger partial charge in [-0.15, -0.1) is 0 Å². The summed E-state index contributed by atoms with van der Waals surface area (Å²) in [5.41, 5.74) is 1.81. The van der Waals surface area contributed by atoms with Crippen molar-refractivity contribution >= 4 is 54.4 Å². The maximum absolute atomic E-state index is 12.2. The van der Waals surface area contributed by atoms with Crippen LogP contribution in [0.5, 0.6) is 0 Å². The number of halogens is 2. The number of para-hydroxylation sites is 1. The Bertz CT molecular complexity index is 811.